The molecule has 1 aliphatic heterocycles. The number of piperidine rings is 1. The van der Waals surface area contributed by atoms with Crippen molar-refractivity contribution < 1.29 is 18.0 Å². The fraction of sp³-hybridized carbons (Fsp3) is 0.435. The average molecular weight is 419 g/mol. The molecule has 0 spiro atoms. The van der Waals surface area contributed by atoms with Crippen LogP contribution < -0.4 is 10.6 Å². The number of hydrogen-bond donors (Lipinski definition) is 2. The summed E-state index contributed by atoms with van der Waals surface area (Å²) in [7, 11) is 0. The number of aryl methyl sites for hydroxylation is 1. The summed E-state index contributed by atoms with van der Waals surface area (Å²) in [6.07, 6.45) is -2.89. The Hall–Kier alpha value is -2.38. The van der Waals surface area contributed by atoms with Crippen LogP contribution in [0.4, 0.5) is 13.2 Å². The summed E-state index contributed by atoms with van der Waals surface area (Å²) >= 11 is 0. The molecule has 1 unspecified atom stereocenters. The monoisotopic (exact) mass is 419 g/mol. The Bertz CT molecular complexity index is 818. The molecule has 2 aromatic carbocycles. The number of amides is 1. The molecule has 0 radical (unpaired) electrons. The first-order chi connectivity index (χ1) is 14.3. The van der Waals surface area contributed by atoms with Crippen molar-refractivity contribution in [1.82, 2.24) is 15.5 Å². The first kappa shape index (κ1) is 22.3. The molecule has 2 N–H and O–H groups in total. The van der Waals surface area contributed by atoms with Gasteiger partial charge in [0.05, 0.1) is 6.54 Å². The third kappa shape index (κ3) is 6.31. The molecule has 1 saturated heterocycles. The van der Waals surface area contributed by atoms with Gasteiger partial charge in [-0.05, 0) is 36.5 Å². The number of nitrogens with zero attached hydrogens (tertiary/aromatic N) is 1. The summed E-state index contributed by atoms with van der Waals surface area (Å²) in [5.41, 5.74) is 2.65. The molecule has 2 aromatic rings. The van der Waals surface area contributed by atoms with Crippen LogP contribution in [0, 0.1) is 6.92 Å². The molecule has 1 atom stereocenters. The van der Waals surface area contributed by atoms with Crippen molar-refractivity contribution in [2.45, 2.75) is 44.6 Å². The van der Waals surface area contributed by atoms with Crippen LogP contribution in [0.15, 0.2) is 54.6 Å². The number of likely N-dealkylation sites (tertiary alicyclic amines) is 1. The lowest BCUT2D eigenvalue weighted by Gasteiger charge is -2.33. The Morgan fingerprint density at radius 3 is 2.33 bits per heavy atom. The average Bonchev–Trinajstić information content (AvgIpc) is 2.71. The predicted molar refractivity (Wildman–Crippen MR) is 111 cm³/mol. The quantitative estimate of drug-likeness (QED) is 0.714. The highest BCUT2D eigenvalue weighted by molar-refractivity contribution is 5.78. The van der Waals surface area contributed by atoms with Gasteiger partial charge in [-0.15, -0.1) is 0 Å². The van der Waals surface area contributed by atoms with Crippen molar-refractivity contribution in [2.75, 3.05) is 19.6 Å². The van der Waals surface area contributed by atoms with Crippen LogP contribution in [0.3, 0.4) is 0 Å². The van der Waals surface area contributed by atoms with E-state index in [4.69, 9.17) is 0 Å². The first-order valence-electron chi connectivity index (χ1n) is 10.2. The van der Waals surface area contributed by atoms with Gasteiger partial charge in [0.15, 0.2) is 0 Å². The first-order valence-corrected chi connectivity index (χ1v) is 10.2. The number of carbonyl (C=O) groups is 1. The molecule has 0 bridgehead atoms. The zero-order valence-corrected chi connectivity index (χ0v) is 17.1. The smallest absolute Gasteiger partial charge is 0.352 e. The second-order valence-corrected chi connectivity index (χ2v) is 7.81. The number of alkyl halides is 3. The Kier molecular flexibility index (Phi) is 7.50. The molecule has 0 aliphatic carbocycles. The lowest BCUT2D eigenvalue weighted by Crippen LogP contribution is -2.48. The van der Waals surface area contributed by atoms with Gasteiger partial charge in [-0.25, -0.2) is 0 Å². The van der Waals surface area contributed by atoms with Crippen molar-refractivity contribution in [3.05, 3.63) is 71.3 Å². The second-order valence-electron chi connectivity index (χ2n) is 7.81. The van der Waals surface area contributed by atoms with Gasteiger partial charge in [-0.3, -0.25) is 15.0 Å². The van der Waals surface area contributed by atoms with Crippen LogP contribution >= 0.6 is 0 Å². The van der Waals surface area contributed by atoms with Gasteiger partial charge in [0.25, 0.3) is 0 Å². The number of rotatable bonds is 7. The van der Waals surface area contributed by atoms with E-state index in [1.807, 2.05) is 12.1 Å². The van der Waals surface area contributed by atoms with E-state index in [9.17, 15) is 18.0 Å². The summed E-state index contributed by atoms with van der Waals surface area (Å²) in [5.74, 6) is -0.405. The summed E-state index contributed by atoms with van der Waals surface area (Å²) in [6, 6.07) is 14.0. The van der Waals surface area contributed by atoms with Crippen LogP contribution in [0.1, 0.15) is 35.6 Å². The number of halogens is 3. The topological polar surface area (TPSA) is 44.4 Å². The summed E-state index contributed by atoms with van der Waals surface area (Å²) in [4.78, 5) is 14.6. The van der Waals surface area contributed by atoms with Gasteiger partial charge >= 0.3 is 6.18 Å². The van der Waals surface area contributed by atoms with Gasteiger partial charge in [-0.2, -0.15) is 13.2 Å². The second kappa shape index (κ2) is 10.1. The highest BCUT2D eigenvalue weighted by Crippen LogP contribution is 2.32. The van der Waals surface area contributed by atoms with Crippen molar-refractivity contribution in [1.29, 1.82) is 0 Å². The van der Waals surface area contributed by atoms with Crippen molar-refractivity contribution in [3.8, 4) is 0 Å². The third-order valence-corrected chi connectivity index (χ3v) is 5.53. The molecular weight excluding hydrogens is 391 g/mol. The van der Waals surface area contributed by atoms with Crippen molar-refractivity contribution in [3.63, 3.8) is 0 Å². The van der Waals surface area contributed by atoms with Gasteiger partial charge in [0.2, 0.25) is 5.91 Å². The zero-order chi connectivity index (χ0) is 21.6. The molecular formula is C23H28F3N3O. The minimum absolute atomic E-state index is 0.00603. The van der Waals surface area contributed by atoms with Crippen molar-refractivity contribution >= 4 is 5.91 Å². The molecule has 162 valence electrons. The predicted octanol–water partition coefficient (Wildman–Crippen LogP) is 3.97. The van der Waals surface area contributed by atoms with Crippen LogP contribution in [0.2, 0.25) is 0 Å². The van der Waals surface area contributed by atoms with E-state index in [1.165, 1.54) is 23.3 Å². The molecule has 1 fully saturated rings. The molecule has 30 heavy (non-hydrogen) atoms. The van der Waals surface area contributed by atoms with Crippen LogP contribution in [-0.4, -0.2) is 42.7 Å². The van der Waals surface area contributed by atoms with Gasteiger partial charge in [-0.1, -0.05) is 54.6 Å². The number of hydrogen-bond acceptors (Lipinski definition) is 3. The largest absolute Gasteiger partial charge is 0.407 e. The number of carbonyl (C=O) groups excluding carboxylic acids is 1. The lowest BCUT2D eigenvalue weighted by atomic mass is 10.0. The number of benzene rings is 2. The van der Waals surface area contributed by atoms with E-state index in [1.54, 1.807) is 18.2 Å². The van der Waals surface area contributed by atoms with Crippen LogP contribution in [0.5, 0.6) is 0 Å². The lowest BCUT2D eigenvalue weighted by molar-refractivity contribution is -0.158. The van der Waals surface area contributed by atoms with Gasteiger partial charge in [0.1, 0.15) is 6.04 Å². The molecule has 0 saturated carbocycles. The Labute approximate surface area is 175 Å². The fourth-order valence-electron chi connectivity index (χ4n) is 3.81. The van der Waals surface area contributed by atoms with E-state index in [0.29, 0.717) is 0 Å². The Balaban J connectivity index is 1.45. The maximum absolute atomic E-state index is 13.4. The minimum Gasteiger partial charge on any atom is -0.352 e. The van der Waals surface area contributed by atoms with Crippen LogP contribution in [0.25, 0.3) is 0 Å². The van der Waals surface area contributed by atoms with Crippen molar-refractivity contribution in [2.24, 2.45) is 0 Å². The van der Waals surface area contributed by atoms with Gasteiger partial charge in [0, 0.05) is 25.7 Å². The van der Waals surface area contributed by atoms with E-state index in [0.717, 1.165) is 32.5 Å². The molecule has 3 rings (SSSR count). The minimum atomic E-state index is -4.47. The highest BCUT2D eigenvalue weighted by Gasteiger charge is 2.40. The van der Waals surface area contributed by atoms with E-state index in [-0.39, 0.29) is 18.2 Å². The fourth-order valence-corrected chi connectivity index (χ4v) is 3.81. The van der Waals surface area contributed by atoms with E-state index < -0.39 is 18.1 Å². The molecule has 7 heteroatoms. The molecule has 1 heterocycles. The number of nitrogens with one attached hydrogen (secondary N) is 2. The summed E-state index contributed by atoms with van der Waals surface area (Å²) in [6.45, 7) is 4.30. The summed E-state index contributed by atoms with van der Waals surface area (Å²) < 4.78 is 40.1. The van der Waals surface area contributed by atoms with E-state index >= 15 is 0 Å². The third-order valence-electron chi connectivity index (χ3n) is 5.53. The molecule has 0 aromatic heterocycles. The maximum atomic E-state index is 13.4. The highest BCUT2D eigenvalue weighted by atomic mass is 19.4. The van der Waals surface area contributed by atoms with Crippen LogP contribution in [-0.2, 0) is 11.3 Å². The maximum Gasteiger partial charge on any atom is 0.407 e. The van der Waals surface area contributed by atoms with Gasteiger partial charge < -0.3 is 5.32 Å². The molecule has 1 aliphatic rings. The SMILES string of the molecule is Cc1ccccc1CN1CCC(NC(=O)CNC(c2ccccc2)C(F)(F)F)CC1. The zero-order valence-electron chi connectivity index (χ0n) is 17.1. The molecule has 4 nitrogen and oxygen atoms in total. The van der Waals surface area contributed by atoms with E-state index in [2.05, 4.69) is 34.6 Å². The summed E-state index contributed by atoms with van der Waals surface area (Å²) in [5, 5.41) is 5.24. The molecule has 1 amide bonds. The standard InChI is InChI=1S/C23H28F3N3O/c1-17-7-5-6-10-19(17)16-29-13-11-20(12-14-29)28-21(30)15-27-22(23(24,25)26)18-8-3-2-4-9-18/h2-10,20,22,27H,11-16H2,1H3,(H,28,30). The Morgan fingerprint density at radius 1 is 1.07 bits per heavy atom. The normalized spacial score (nSPS) is 16.9. The Morgan fingerprint density at radius 2 is 1.70 bits per heavy atom.